The smallest absolute Gasteiger partial charge is 0.361 e. The van der Waals surface area contributed by atoms with Crippen molar-refractivity contribution >= 4 is 29.2 Å². The first kappa shape index (κ1) is 16.4. The summed E-state index contributed by atoms with van der Waals surface area (Å²) in [4.78, 5) is 19.2. The second-order valence-electron chi connectivity index (χ2n) is 4.69. The lowest BCUT2D eigenvalue weighted by Gasteiger charge is -2.30. The fourth-order valence-electron chi connectivity index (χ4n) is 2.20. The number of piperidine rings is 1. The maximum atomic E-state index is 12.1. The number of alkyl halides is 3. The van der Waals surface area contributed by atoms with Crippen LogP contribution in [0.4, 0.5) is 13.2 Å². The van der Waals surface area contributed by atoms with Gasteiger partial charge in [-0.3, -0.25) is 0 Å². The summed E-state index contributed by atoms with van der Waals surface area (Å²) in [5.41, 5.74) is 0. The largest absolute Gasteiger partial charge is 0.492 e. The van der Waals surface area contributed by atoms with Crippen molar-refractivity contribution in [1.29, 1.82) is 0 Å². The molecule has 0 N–H and O–H groups in total. The van der Waals surface area contributed by atoms with Crippen molar-refractivity contribution in [2.75, 3.05) is 13.1 Å². The van der Waals surface area contributed by atoms with Crippen LogP contribution in [0.3, 0.4) is 0 Å². The maximum Gasteiger partial charge on any atom is 0.492 e. The predicted molar refractivity (Wildman–Crippen MR) is 68.9 cm³/mol. The van der Waals surface area contributed by atoms with Gasteiger partial charge in [0.25, 0.3) is 0 Å². The maximum absolute atomic E-state index is 12.1. The second kappa shape index (κ2) is 6.02. The Morgan fingerprint density at radius 2 is 1.90 bits per heavy atom. The highest BCUT2D eigenvalue weighted by Crippen LogP contribution is 2.32. The molecule has 0 aliphatic carbocycles. The SMILES string of the molecule is Cn1c(C2CCN(OC(=O)C(F)(F)F)CC2)nc(Cl)c1Cl. The molecule has 5 nitrogen and oxygen atoms in total. The van der Waals surface area contributed by atoms with Crippen LogP contribution >= 0.6 is 23.2 Å². The predicted octanol–water partition coefficient (Wildman–Crippen LogP) is 2.93. The Bertz CT molecular complexity index is 540. The van der Waals surface area contributed by atoms with Crippen LogP contribution in [0.1, 0.15) is 24.6 Å². The van der Waals surface area contributed by atoms with Crippen molar-refractivity contribution in [2.24, 2.45) is 7.05 Å². The second-order valence-corrected chi connectivity index (χ2v) is 5.41. The molecule has 0 aromatic carbocycles. The summed E-state index contributed by atoms with van der Waals surface area (Å²) < 4.78 is 38.0. The summed E-state index contributed by atoms with van der Waals surface area (Å²) in [5.74, 6) is -1.53. The number of imidazole rings is 1. The minimum absolute atomic E-state index is 0.000777. The van der Waals surface area contributed by atoms with E-state index in [4.69, 9.17) is 23.2 Å². The first-order valence-corrected chi connectivity index (χ1v) is 6.87. The first-order chi connectivity index (χ1) is 9.70. The number of nitrogens with zero attached hydrogens (tertiary/aromatic N) is 3. The van der Waals surface area contributed by atoms with Crippen molar-refractivity contribution in [3.8, 4) is 0 Å². The van der Waals surface area contributed by atoms with Crippen LogP contribution in [-0.2, 0) is 16.7 Å². The van der Waals surface area contributed by atoms with Gasteiger partial charge in [0.15, 0.2) is 5.15 Å². The van der Waals surface area contributed by atoms with Crippen LogP contribution in [0.15, 0.2) is 0 Å². The third-order valence-corrected chi connectivity index (χ3v) is 4.08. The summed E-state index contributed by atoms with van der Waals surface area (Å²) in [6.45, 7) is 0.378. The van der Waals surface area contributed by atoms with E-state index in [2.05, 4.69) is 9.82 Å². The van der Waals surface area contributed by atoms with Gasteiger partial charge in [0, 0.05) is 26.1 Å². The Balaban J connectivity index is 1.94. The third kappa shape index (κ3) is 3.61. The number of aromatic nitrogens is 2. The summed E-state index contributed by atoms with van der Waals surface area (Å²) in [7, 11) is 1.71. The van der Waals surface area contributed by atoms with E-state index in [9.17, 15) is 18.0 Å². The highest BCUT2D eigenvalue weighted by Gasteiger charge is 2.43. The standard InChI is InChI=1S/C11H12Cl2F3N3O2/c1-18-8(13)7(12)17-9(18)6-2-4-19(5-3-6)21-10(20)11(14,15)16/h6H,2-5H2,1H3. The van der Waals surface area contributed by atoms with Gasteiger partial charge in [0.05, 0.1) is 0 Å². The molecule has 1 aromatic heterocycles. The molecule has 2 heterocycles. The topological polar surface area (TPSA) is 47.4 Å². The summed E-state index contributed by atoms with van der Waals surface area (Å²) in [6.07, 6.45) is -4.01. The molecule has 1 fully saturated rings. The number of rotatable bonds is 2. The Kier molecular flexibility index (Phi) is 4.69. The van der Waals surface area contributed by atoms with E-state index in [1.54, 1.807) is 11.6 Å². The van der Waals surface area contributed by atoms with Gasteiger partial charge in [-0.15, -0.1) is 5.06 Å². The summed E-state index contributed by atoms with van der Waals surface area (Å²) >= 11 is 11.8. The summed E-state index contributed by atoms with van der Waals surface area (Å²) in [5, 5.41) is 1.52. The Morgan fingerprint density at radius 3 is 2.33 bits per heavy atom. The Morgan fingerprint density at radius 1 is 1.33 bits per heavy atom. The number of halogens is 5. The van der Waals surface area contributed by atoms with Crippen molar-refractivity contribution in [3.05, 3.63) is 16.1 Å². The van der Waals surface area contributed by atoms with E-state index >= 15 is 0 Å². The number of hydrogen-bond donors (Lipinski definition) is 0. The van der Waals surface area contributed by atoms with E-state index < -0.39 is 12.1 Å². The molecular weight excluding hydrogens is 334 g/mol. The van der Waals surface area contributed by atoms with E-state index in [-0.39, 0.29) is 24.2 Å². The van der Waals surface area contributed by atoms with Gasteiger partial charge in [-0.1, -0.05) is 23.2 Å². The van der Waals surface area contributed by atoms with Crippen LogP contribution in [0, 0.1) is 0 Å². The van der Waals surface area contributed by atoms with Gasteiger partial charge in [-0.2, -0.15) is 13.2 Å². The Labute approximate surface area is 128 Å². The van der Waals surface area contributed by atoms with Crippen molar-refractivity contribution in [3.63, 3.8) is 0 Å². The highest BCUT2D eigenvalue weighted by atomic mass is 35.5. The molecule has 118 valence electrons. The lowest BCUT2D eigenvalue weighted by atomic mass is 9.97. The van der Waals surface area contributed by atoms with E-state index in [0.29, 0.717) is 23.8 Å². The molecular formula is C11H12Cl2F3N3O2. The van der Waals surface area contributed by atoms with Gasteiger partial charge in [0.2, 0.25) is 0 Å². The number of carbonyl (C=O) groups excluding carboxylic acids is 1. The molecule has 0 radical (unpaired) electrons. The minimum Gasteiger partial charge on any atom is -0.361 e. The van der Waals surface area contributed by atoms with Gasteiger partial charge < -0.3 is 9.40 Å². The monoisotopic (exact) mass is 345 g/mol. The molecule has 1 aromatic rings. The molecule has 1 aliphatic rings. The first-order valence-electron chi connectivity index (χ1n) is 6.12. The van der Waals surface area contributed by atoms with Gasteiger partial charge in [-0.25, -0.2) is 9.78 Å². The van der Waals surface area contributed by atoms with Crippen LogP contribution in [0.2, 0.25) is 10.3 Å². The van der Waals surface area contributed by atoms with Gasteiger partial charge in [0.1, 0.15) is 11.0 Å². The third-order valence-electron chi connectivity index (χ3n) is 3.28. The number of hydroxylamine groups is 2. The molecule has 0 saturated carbocycles. The fourth-order valence-corrected chi connectivity index (χ4v) is 2.54. The minimum atomic E-state index is -4.99. The van der Waals surface area contributed by atoms with Crippen LogP contribution in [0.5, 0.6) is 0 Å². The molecule has 21 heavy (non-hydrogen) atoms. The average Bonchev–Trinajstić information content (AvgIpc) is 2.66. The van der Waals surface area contributed by atoms with Crippen LogP contribution in [-0.4, -0.2) is 39.8 Å². The van der Waals surface area contributed by atoms with Crippen molar-refractivity contribution in [1.82, 2.24) is 14.6 Å². The number of carbonyl (C=O) groups is 1. The van der Waals surface area contributed by atoms with E-state index in [1.807, 2.05) is 0 Å². The molecule has 0 amide bonds. The average molecular weight is 346 g/mol. The zero-order valence-corrected chi connectivity index (χ0v) is 12.5. The fraction of sp³-hybridized carbons (Fsp3) is 0.636. The van der Waals surface area contributed by atoms with Gasteiger partial charge >= 0.3 is 12.1 Å². The Hall–Kier alpha value is -0.990. The highest BCUT2D eigenvalue weighted by molar-refractivity contribution is 6.40. The van der Waals surface area contributed by atoms with Crippen LogP contribution in [0.25, 0.3) is 0 Å². The van der Waals surface area contributed by atoms with E-state index in [0.717, 1.165) is 5.06 Å². The molecule has 0 bridgehead atoms. The summed E-state index contributed by atoms with van der Waals surface area (Å²) in [6, 6.07) is 0. The molecule has 0 atom stereocenters. The lowest BCUT2D eigenvalue weighted by Crippen LogP contribution is -2.39. The van der Waals surface area contributed by atoms with Crippen molar-refractivity contribution in [2.45, 2.75) is 24.9 Å². The van der Waals surface area contributed by atoms with E-state index in [1.165, 1.54) is 0 Å². The zero-order valence-electron chi connectivity index (χ0n) is 11.0. The van der Waals surface area contributed by atoms with Crippen molar-refractivity contribution < 1.29 is 22.8 Å². The normalized spacial score (nSPS) is 18.0. The van der Waals surface area contributed by atoms with Crippen LogP contribution < -0.4 is 0 Å². The quantitative estimate of drug-likeness (QED) is 0.826. The number of hydrogen-bond acceptors (Lipinski definition) is 4. The molecule has 1 aliphatic heterocycles. The molecule has 0 spiro atoms. The molecule has 1 saturated heterocycles. The zero-order chi connectivity index (χ0) is 15.8. The molecule has 2 rings (SSSR count). The lowest BCUT2D eigenvalue weighted by molar-refractivity contribution is -0.241. The van der Waals surface area contributed by atoms with Gasteiger partial charge in [-0.05, 0) is 12.8 Å². The molecule has 10 heteroatoms. The molecule has 0 unspecified atom stereocenters.